The molecule has 0 heterocycles. The Morgan fingerprint density at radius 3 is 2.27 bits per heavy atom. The molecule has 4 nitrogen and oxygen atoms in total. The van der Waals surface area contributed by atoms with Crippen LogP contribution in [0.3, 0.4) is 0 Å². The second-order valence-corrected chi connectivity index (χ2v) is 4.96. The van der Waals surface area contributed by atoms with Crippen LogP contribution in [0.25, 0.3) is 0 Å². The average molecular weight is 298 g/mol. The third-order valence-electron chi connectivity index (χ3n) is 3.26. The summed E-state index contributed by atoms with van der Waals surface area (Å²) in [6.45, 7) is 3.74. The molecule has 0 bridgehead atoms. The number of hydrogen-bond donors (Lipinski definition) is 0. The number of carbonyl (C=O) groups is 2. The highest BCUT2D eigenvalue weighted by Crippen LogP contribution is 2.13. The molecule has 0 saturated carbocycles. The molecular formula is C18H18O4. The molecule has 2 aromatic rings. The summed E-state index contributed by atoms with van der Waals surface area (Å²) in [6.07, 6.45) is 0.567. The van der Waals surface area contributed by atoms with Crippen molar-refractivity contribution in [2.24, 2.45) is 0 Å². The lowest BCUT2D eigenvalue weighted by Crippen LogP contribution is -2.13. The van der Waals surface area contributed by atoms with Crippen LogP contribution in [0.15, 0.2) is 54.6 Å². The van der Waals surface area contributed by atoms with Crippen LogP contribution < -0.4 is 0 Å². The van der Waals surface area contributed by atoms with Gasteiger partial charge in [0.05, 0.1) is 5.56 Å². The molecule has 0 radical (unpaired) electrons. The summed E-state index contributed by atoms with van der Waals surface area (Å²) in [4.78, 5) is 34.0. The first kappa shape index (κ1) is 15.9. The van der Waals surface area contributed by atoms with E-state index < -0.39 is 5.97 Å². The van der Waals surface area contributed by atoms with Gasteiger partial charge in [-0.25, -0.2) is 4.79 Å². The fourth-order valence-corrected chi connectivity index (χ4v) is 1.79. The monoisotopic (exact) mass is 298 g/mol. The summed E-state index contributed by atoms with van der Waals surface area (Å²) < 4.78 is 0. The Kier molecular flexibility index (Phi) is 5.44. The lowest BCUT2D eigenvalue weighted by atomic mass is 10.0. The Labute approximate surface area is 129 Å². The SMILES string of the molecule is CCC(C)OOC(=O)c1cccc(C(=O)c2ccccc2)c1. The highest BCUT2D eigenvalue weighted by atomic mass is 17.2. The summed E-state index contributed by atoms with van der Waals surface area (Å²) >= 11 is 0. The van der Waals surface area contributed by atoms with Crippen molar-refractivity contribution >= 4 is 11.8 Å². The standard InChI is InChI=1S/C18H18O4/c1-3-13(2)21-22-18(20)16-11-7-10-15(12-16)17(19)14-8-5-4-6-9-14/h4-13H,3H2,1-2H3. The second kappa shape index (κ2) is 7.52. The molecular weight excluding hydrogens is 280 g/mol. The molecule has 2 rings (SSSR count). The van der Waals surface area contributed by atoms with Crippen LogP contribution in [0, 0.1) is 0 Å². The molecule has 0 aliphatic heterocycles. The molecule has 114 valence electrons. The van der Waals surface area contributed by atoms with Gasteiger partial charge in [-0.2, -0.15) is 4.89 Å². The number of carbonyl (C=O) groups excluding carboxylic acids is 2. The largest absolute Gasteiger partial charge is 0.373 e. The average Bonchev–Trinajstić information content (AvgIpc) is 2.59. The molecule has 22 heavy (non-hydrogen) atoms. The van der Waals surface area contributed by atoms with Gasteiger partial charge in [0, 0.05) is 11.1 Å². The molecule has 0 N–H and O–H groups in total. The van der Waals surface area contributed by atoms with Gasteiger partial charge in [0.1, 0.15) is 6.10 Å². The molecule has 0 amide bonds. The van der Waals surface area contributed by atoms with Crippen molar-refractivity contribution in [3.05, 3.63) is 71.3 Å². The van der Waals surface area contributed by atoms with Crippen LogP contribution in [0.1, 0.15) is 46.5 Å². The van der Waals surface area contributed by atoms with Crippen LogP contribution in [0.2, 0.25) is 0 Å². The third kappa shape index (κ3) is 4.02. The fraction of sp³-hybridized carbons (Fsp3) is 0.222. The van der Waals surface area contributed by atoms with Gasteiger partial charge in [-0.05, 0) is 25.5 Å². The van der Waals surface area contributed by atoms with E-state index in [1.54, 1.807) is 42.5 Å². The Bertz CT molecular complexity index is 649. The summed E-state index contributed by atoms with van der Waals surface area (Å²) in [5.41, 5.74) is 1.29. The Morgan fingerprint density at radius 1 is 0.955 bits per heavy atom. The highest BCUT2D eigenvalue weighted by Gasteiger charge is 2.14. The molecule has 2 aromatic carbocycles. The summed E-state index contributed by atoms with van der Waals surface area (Å²) in [6, 6.07) is 15.3. The lowest BCUT2D eigenvalue weighted by molar-refractivity contribution is -0.270. The normalized spacial score (nSPS) is 11.7. The van der Waals surface area contributed by atoms with E-state index in [-0.39, 0.29) is 17.5 Å². The maximum Gasteiger partial charge on any atom is 0.373 e. The Morgan fingerprint density at radius 2 is 1.59 bits per heavy atom. The minimum Gasteiger partial charge on any atom is -0.293 e. The quantitative estimate of drug-likeness (QED) is 0.462. The number of ketones is 1. The molecule has 0 spiro atoms. The van der Waals surface area contributed by atoms with E-state index >= 15 is 0 Å². The van der Waals surface area contributed by atoms with Crippen molar-refractivity contribution in [2.75, 3.05) is 0 Å². The van der Waals surface area contributed by atoms with E-state index in [0.717, 1.165) is 6.42 Å². The third-order valence-corrected chi connectivity index (χ3v) is 3.26. The van der Waals surface area contributed by atoms with Gasteiger partial charge in [0.25, 0.3) is 0 Å². The van der Waals surface area contributed by atoms with E-state index in [2.05, 4.69) is 0 Å². The number of hydrogen-bond acceptors (Lipinski definition) is 4. The fourth-order valence-electron chi connectivity index (χ4n) is 1.79. The molecule has 0 saturated heterocycles. The van der Waals surface area contributed by atoms with Gasteiger partial charge in [-0.15, -0.1) is 0 Å². The summed E-state index contributed by atoms with van der Waals surface area (Å²) in [5.74, 6) is -0.749. The zero-order valence-electron chi connectivity index (χ0n) is 12.6. The predicted octanol–water partition coefficient (Wildman–Crippen LogP) is 3.80. The Hall–Kier alpha value is -2.46. The van der Waals surface area contributed by atoms with Crippen LogP contribution in [-0.2, 0) is 9.78 Å². The van der Waals surface area contributed by atoms with Crippen LogP contribution in [0.5, 0.6) is 0 Å². The highest BCUT2D eigenvalue weighted by molar-refractivity contribution is 6.09. The van der Waals surface area contributed by atoms with Gasteiger partial charge in [0.2, 0.25) is 0 Å². The van der Waals surface area contributed by atoms with Crippen LogP contribution >= 0.6 is 0 Å². The predicted molar refractivity (Wildman–Crippen MR) is 82.6 cm³/mol. The smallest absolute Gasteiger partial charge is 0.293 e. The maximum absolute atomic E-state index is 12.4. The first-order valence-electron chi connectivity index (χ1n) is 7.19. The van der Waals surface area contributed by atoms with Crippen LogP contribution in [-0.4, -0.2) is 17.9 Å². The van der Waals surface area contributed by atoms with E-state index in [1.807, 2.05) is 19.9 Å². The first-order valence-corrected chi connectivity index (χ1v) is 7.19. The van der Waals surface area contributed by atoms with Crippen molar-refractivity contribution in [1.82, 2.24) is 0 Å². The molecule has 1 unspecified atom stereocenters. The summed E-state index contributed by atoms with van der Waals surface area (Å²) in [5, 5.41) is 0. The first-order chi connectivity index (χ1) is 10.6. The topological polar surface area (TPSA) is 52.6 Å². The van der Waals surface area contributed by atoms with Crippen molar-refractivity contribution in [3.8, 4) is 0 Å². The molecule has 0 aliphatic rings. The van der Waals surface area contributed by atoms with Gasteiger partial charge < -0.3 is 0 Å². The Balaban J connectivity index is 2.13. The molecule has 0 fully saturated rings. The molecule has 0 aliphatic carbocycles. The van der Waals surface area contributed by atoms with Crippen molar-refractivity contribution < 1.29 is 19.4 Å². The maximum atomic E-state index is 12.4. The molecule has 1 atom stereocenters. The minimum absolute atomic E-state index is 0.141. The van der Waals surface area contributed by atoms with Crippen molar-refractivity contribution in [2.45, 2.75) is 26.4 Å². The van der Waals surface area contributed by atoms with Crippen LogP contribution in [0.4, 0.5) is 0 Å². The summed E-state index contributed by atoms with van der Waals surface area (Å²) in [7, 11) is 0. The van der Waals surface area contributed by atoms with E-state index in [4.69, 9.17) is 9.78 Å². The zero-order valence-corrected chi connectivity index (χ0v) is 12.6. The molecule has 0 aromatic heterocycles. The van der Waals surface area contributed by atoms with E-state index in [9.17, 15) is 9.59 Å². The number of rotatable bonds is 6. The second-order valence-electron chi connectivity index (χ2n) is 4.96. The van der Waals surface area contributed by atoms with E-state index in [0.29, 0.717) is 11.1 Å². The van der Waals surface area contributed by atoms with Gasteiger partial charge in [0.15, 0.2) is 5.78 Å². The minimum atomic E-state index is -0.608. The lowest BCUT2D eigenvalue weighted by Gasteiger charge is -2.09. The zero-order chi connectivity index (χ0) is 15.9. The number of benzene rings is 2. The van der Waals surface area contributed by atoms with Crippen molar-refractivity contribution in [3.63, 3.8) is 0 Å². The molecule has 4 heteroatoms. The van der Waals surface area contributed by atoms with Gasteiger partial charge in [-0.3, -0.25) is 9.68 Å². The van der Waals surface area contributed by atoms with E-state index in [1.165, 1.54) is 6.07 Å². The van der Waals surface area contributed by atoms with Crippen molar-refractivity contribution in [1.29, 1.82) is 0 Å². The van der Waals surface area contributed by atoms with Gasteiger partial charge in [-0.1, -0.05) is 49.4 Å². The van der Waals surface area contributed by atoms with Gasteiger partial charge >= 0.3 is 5.97 Å².